The number of nitrogens with zero attached hydrogens (tertiary/aromatic N) is 1. The highest BCUT2D eigenvalue weighted by atomic mass is 16.5. The summed E-state index contributed by atoms with van der Waals surface area (Å²) in [5.41, 5.74) is 1.74. The van der Waals surface area contributed by atoms with Crippen LogP contribution in [0.4, 0.5) is 0 Å². The standard InChI is InChI=1S/C22H24N2O5/c1-26-13-14-28-19-7-3-18(4-8-19)16-24-22(25)10-6-17-5-9-20(29-12-11-23)21(15-17)27-2/h3-10,15H,12-14,16H2,1-2H3,(H,24,25)/b10-6+. The van der Waals surface area contributed by atoms with Gasteiger partial charge in [-0.25, -0.2) is 0 Å². The molecule has 0 unspecified atom stereocenters. The molecule has 0 fully saturated rings. The summed E-state index contributed by atoms with van der Waals surface area (Å²) in [6.07, 6.45) is 3.13. The molecule has 0 aromatic heterocycles. The van der Waals surface area contributed by atoms with E-state index in [4.69, 9.17) is 24.2 Å². The van der Waals surface area contributed by atoms with Crippen LogP contribution in [0.15, 0.2) is 48.5 Å². The maximum atomic E-state index is 12.1. The van der Waals surface area contributed by atoms with Gasteiger partial charge >= 0.3 is 0 Å². The molecule has 1 amide bonds. The molecule has 1 N–H and O–H groups in total. The Balaban J connectivity index is 1.85. The Labute approximate surface area is 170 Å². The third-order valence-electron chi connectivity index (χ3n) is 3.85. The molecule has 2 aromatic carbocycles. The van der Waals surface area contributed by atoms with Crippen molar-refractivity contribution in [2.24, 2.45) is 0 Å². The van der Waals surface area contributed by atoms with E-state index >= 15 is 0 Å². The summed E-state index contributed by atoms with van der Waals surface area (Å²) >= 11 is 0. The first kappa shape index (κ1) is 21.8. The summed E-state index contributed by atoms with van der Waals surface area (Å²) < 4.78 is 21.0. The Bertz CT molecular complexity index is 856. The smallest absolute Gasteiger partial charge is 0.244 e. The zero-order valence-corrected chi connectivity index (χ0v) is 16.5. The number of methoxy groups -OCH3 is 2. The number of rotatable bonds is 11. The van der Waals surface area contributed by atoms with Gasteiger partial charge in [-0.1, -0.05) is 18.2 Å². The highest BCUT2D eigenvalue weighted by Crippen LogP contribution is 2.28. The molecule has 0 aliphatic carbocycles. The average Bonchev–Trinajstić information content (AvgIpc) is 2.76. The number of nitriles is 1. The molecule has 0 saturated heterocycles. The molecule has 7 nitrogen and oxygen atoms in total. The largest absolute Gasteiger partial charge is 0.493 e. The van der Waals surface area contributed by atoms with Crippen molar-refractivity contribution >= 4 is 12.0 Å². The van der Waals surface area contributed by atoms with Gasteiger partial charge in [0.15, 0.2) is 18.1 Å². The van der Waals surface area contributed by atoms with Crippen LogP contribution in [0.25, 0.3) is 6.08 Å². The Morgan fingerprint density at radius 1 is 1.07 bits per heavy atom. The first-order valence-corrected chi connectivity index (χ1v) is 9.00. The molecule has 0 atom stereocenters. The van der Waals surface area contributed by atoms with Crippen molar-refractivity contribution in [3.63, 3.8) is 0 Å². The number of hydrogen-bond acceptors (Lipinski definition) is 6. The number of benzene rings is 2. The number of ether oxygens (including phenoxy) is 4. The van der Waals surface area contributed by atoms with E-state index < -0.39 is 0 Å². The lowest BCUT2D eigenvalue weighted by atomic mass is 10.2. The summed E-state index contributed by atoms with van der Waals surface area (Å²) in [4.78, 5) is 12.1. The fourth-order valence-corrected chi connectivity index (χ4v) is 2.38. The second-order valence-corrected chi connectivity index (χ2v) is 5.89. The molecule has 0 bridgehead atoms. The maximum absolute atomic E-state index is 12.1. The number of carbonyl (C=O) groups is 1. The summed E-state index contributed by atoms with van der Waals surface area (Å²) in [5, 5.41) is 11.4. The molecule has 0 spiro atoms. The second kappa shape index (κ2) is 12.1. The minimum absolute atomic E-state index is 0.0613. The van der Waals surface area contributed by atoms with Gasteiger partial charge in [-0.15, -0.1) is 0 Å². The monoisotopic (exact) mass is 396 g/mol. The van der Waals surface area contributed by atoms with Crippen molar-refractivity contribution < 1.29 is 23.7 Å². The van der Waals surface area contributed by atoms with Gasteiger partial charge < -0.3 is 24.3 Å². The molecular weight excluding hydrogens is 372 g/mol. The number of nitrogens with one attached hydrogen (secondary N) is 1. The molecule has 29 heavy (non-hydrogen) atoms. The van der Waals surface area contributed by atoms with E-state index in [2.05, 4.69) is 5.32 Å². The van der Waals surface area contributed by atoms with Gasteiger partial charge in [-0.2, -0.15) is 5.26 Å². The van der Waals surface area contributed by atoms with Crippen LogP contribution in [0.1, 0.15) is 11.1 Å². The van der Waals surface area contributed by atoms with E-state index in [1.807, 2.05) is 30.3 Å². The van der Waals surface area contributed by atoms with E-state index in [9.17, 15) is 4.79 Å². The molecule has 152 valence electrons. The van der Waals surface area contributed by atoms with Crippen molar-refractivity contribution in [3.8, 4) is 23.3 Å². The lowest BCUT2D eigenvalue weighted by Gasteiger charge is -2.09. The summed E-state index contributed by atoms with van der Waals surface area (Å²) in [6, 6.07) is 14.6. The summed E-state index contributed by atoms with van der Waals surface area (Å²) in [5.74, 6) is 1.52. The lowest BCUT2D eigenvalue weighted by Crippen LogP contribution is -2.20. The van der Waals surface area contributed by atoms with Crippen LogP contribution in [-0.2, 0) is 16.1 Å². The number of amides is 1. The van der Waals surface area contributed by atoms with E-state index in [-0.39, 0.29) is 12.5 Å². The number of hydrogen-bond donors (Lipinski definition) is 1. The third kappa shape index (κ3) is 7.56. The van der Waals surface area contributed by atoms with Crippen LogP contribution in [-0.4, -0.2) is 39.9 Å². The van der Waals surface area contributed by atoms with Gasteiger partial charge in [0.2, 0.25) is 5.91 Å². The van der Waals surface area contributed by atoms with Crippen LogP contribution >= 0.6 is 0 Å². The quantitative estimate of drug-likeness (QED) is 0.464. The Morgan fingerprint density at radius 2 is 1.86 bits per heavy atom. The molecule has 7 heteroatoms. The van der Waals surface area contributed by atoms with Crippen molar-refractivity contribution in [2.45, 2.75) is 6.54 Å². The van der Waals surface area contributed by atoms with Crippen LogP contribution < -0.4 is 19.5 Å². The van der Waals surface area contributed by atoms with E-state index in [1.54, 1.807) is 31.4 Å². The molecule has 0 aliphatic heterocycles. The minimum Gasteiger partial charge on any atom is -0.493 e. The highest BCUT2D eigenvalue weighted by molar-refractivity contribution is 5.91. The van der Waals surface area contributed by atoms with Crippen LogP contribution in [0.5, 0.6) is 17.2 Å². The van der Waals surface area contributed by atoms with Crippen LogP contribution in [0, 0.1) is 11.3 Å². The van der Waals surface area contributed by atoms with Gasteiger partial charge in [0.25, 0.3) is 0 Å². The molecule has 2 rings (SSSR count). The maximum Gasteiger partial charge on any atom is 0.244 e. The summed E-state index contributed by atoms with van der Waals surface area (Å²) in [6.45, 7) is 1.37. The van der Waals surface area contributed by atoms with Crippen molar-refractivity contribution in [1.29, 1.82) is 5.26 Å². The first-order valence-electron chi connectivity index (χ1n) is 9.00. The number of carbonyl (C=O) groups excluding carboxylic acids is 1. The van der Waals surface area contributed by atoms with Gasteiger partial charge in [0.1, 0.15) is 18.4 Å². The predicted molar refractivity (Wildman–Crippen MR) is 109 cm³/mol. The normalized spacial score (nSPS) is 10.4. The van der Waals surface area contributed by atoms with E-state index in [0.717, 1.165) is 16.9 Å². The van der Waals surface area contributed by atoms with Gasteiger partial charge in [-0.3, -0.25) is 4.79 Å². The minimum atomic E-state index is -0.214. The topological polar surface area (TPSA) is 89.8 Å². The second-order valence-electron chi connectivity index (χ2n) is 5.89. The van der Waals surface area contributed by atoms with Gasteiger partial charge in [0.05, 0.1) is 13.7 Å². The first-order chi connectivity index (χ1) is 14.2. The zero-order chi connectivity index (χ0) is 20.9. The van der Waals surface area contributed by atoms with Crippen molar-refractivity contribution in [2.75, 3.05) is 34.0 Å². The molecule has 0 aliphatic rings. The fraction of sp³-hybridized carbons (Fsp3) is 0.273. The summed E-state index contributed by atoms with van der Waals surface area (Å²) in [7, 11) is 3.14. The third-order valence-corrected chi connectivity index (χ3v) is 3.85. The van der Waals surface area contributed by atoms with Crippen molar-refractivity contribution in [1.82, 2.24) is 5.32 Å². The molecule has 0 saturated carbocycles. The molecule has 0 radical (unpaired) electrons. The Kier molecular flexibility index (Phi) is 9.06. The van der Waals surface area contributed by atoms with Gasteiger partial charge in [0, 0.05) is 19.7 Å². The Morgan fingerprint density at radius 3 is 2.55 bits per heavy atom. The van der Waals surface area contributed by atoms with Crippen LogP contribution in [0.2, 0.25) is 0 Å². The van der Waals surface area contributed by atoms with Crippen LogP contribution in [0.3, 0.4) is 0 Å². The average molecular weight is 396 g/mol. The molecular formula is C22H24N2O5. The fourth-order valence-electron chi connectivity index (χ4n) is 2.38. The highest BCUT2D eigenvalue weighted by Gasteiger charge is 2.05. The van der Waals surface area contributed by atoms with Gasteiger partial charge in [-0.05, 0) is 41.5 Å². The Hall–Kier alpha value is -3.50. The predicted octanol–water partition coefficient (Wildman–Crippen LogP) is 2.95. The van der Waals surface area contributed by atoms with E-state index in [0.29, 0.717) is 31.3 Å². The van der Waals surface area contributed by atoms with E-state index in [1.165, 1.54) is 13.2 Å². The zero-order valence-electron chi connectivity index (χ0n) is 16.5. The SMILES string of the molecule is COCCOc1ccc(CNC(=O)/C=C/c2ccc(OCC#N)c(OC)c2)cc1. The lowest BCUT2D eigenvalue weighted by molar-refractivity contribution is -0.116. The molecule has 2 aromatic rings. The van der Waals surface area contributed by atoms with Crippen molar-refractivity contribution in [3.05, 3.63) is 59.7 Å². The molecule has 0 heterocycles.